The molecule has 7 heteroatoms. The van der Waals surface area contributed by atoms with E-state index in [1.54, 1.807) is 16.2 Å². The Bertz CT molecular complexity index is 586. The maximum Gasteiger partial charge on any atom is 0.248 e. The fourth-order valence-electron chi connectivity index (χ4n) is 2.81. The number of amides is 2. The number of aryl methyl sites for hydroxylation is 1. The fourth-order valence-corrected chi connectivity index (χ4v) is 3.81. The fraction of sp³-hybridized carbons (Fsp3) is 0.706. The van der Waals surface area contributed by atoms with Crippen molar-refractivity contribution in [3.05, 3.63) is 15.6 Å². The summed E-state index contributed by atoms with van der Waals surface area (Å²) in [7, 11) is 1.51. The molecule has 1 aromatic rings. The normalized spacial score (nSPS) is 18.0. The summed E-state index contributed by atoms with van der Waals surface area (Å²) in [5, 5.41) is 4.12. The Hall–Kier alpha value is -1.47. The lowest BCUT2D eigenvalue weighted by atomic mass is 9.97. The maximum absolute atomic E-state index is 12.5. The van der Waals surface area contributed by atoms with Gasteiger partial charge in [-0.2, -0.15) is 0 Å². The third kappa shape index (κ3) is 4.77. The molecule has 1 N–H and O–H groups in total. The van der Waals surface area contributed by atoms with Crippen molar-refractivity contribution < 1.29 is 14.3 Å². The van der Waals surface area contributed by atoms with E-state index in [1.807, 2.05) is 6.92 Å². The standard InChI is InChI=1S/C17H27N3O3S/c1-11(2)17-19-12(3)14(24-17)8-18-16(22)13-6-5-7-20(9-13)15(21)10-23-4/h11,13H,5-10H2,1-4H3,(H,18,22)/t13-/m1/s1. The summed E-state index contributed by atoms with van der Waals surface area (Å²) in [4.78, 5) is 31.8. The number of aromatic nitrogens is 1. The summed E-state index contributed by atoms with van der Waals surface area (Å²) in [6.45, 7) is 7.99. The van der Waals surface area contributed by atoms with Crippen LogP contribution >= 0.6 is 11.3 Å². The van der Waals surface area contributed by atoms with E-state index >= 15 is 0 Å². The number of hydrogen-bond donors (Lipinski definition) is 1. The van der Waals surface area contributed by atoms with E-state index in [-0.39, 0.29) is 24.3 Å². The lowest BCUT2D eigenvalue weighted by Gasteiger charge is -2.31. The first kappa shape index (κ1) is 18.9. The summed E-state index contributed by atoms with van der Waals surface area (Å²) >= 11 is 1.66. The molecule has 2 heterocycles. The molecule has 1 saturated heterocycles. The van der Waals surface area contributed by atoms with E-state index in [2.05, 4.69) is 24.1 Å². The number of carbonyl (C=O) groups excluding carboxylic acids is 2. The van der Waals surface area contributed by atoms with Gasteiger partial charge in [-0.3, -0.25) is 9.59 Å². The van der Waals surface area contributed by atoms with Crippen LogP contribution in [0.4, 0.5) is 0 Å². The van der Waals surface area contributed by atoms with Crippen molar-refractivity contribution in [1.29, 1.82) is 0 Å². The van der Waals surface area contributed by atoms with Crippen molar-refractivity contribution in [1.82, 2.24) is 15.2 Å². The van der Waals surface area contributed by atoms with Crippen molar-refractivity contribution in [3.8, 4) is 0 Å². The number of ether oxygens (including phenoxy) is 1. The Labute approximate surface area is 147 Å². The van der Waals surface area contributed by atoms with E-state index in [0.29, 0.717) is 25.6 Å². The number of methoxy groups -OCH3 is 1. The third-order valence-electron chi connectivity index (χ3n) is 4.24. The van der Waals surface area contributed by atoms with Crippen LogP contribution in [0.5, 0.6) is 0 Å². The maximum atomic E-state index is 12.5. The highest BCUT2D eigenvalue weighted by atomic mass is 32.1. The first-order valence-electron chi connectivity index (χ1n) is 8.43. The van der Waals surface area contributed by atoms with E-state index in [0.717, 1.165) is 28.4 Å². The molecule has 2 rings (SSSR count). The lowest BCUT2D eigenvalue weighted by molar-refractivity contribution is -0.139. The van der Waals surface area contributed by atoms with Gasteiger partial charge < -0.3 is 15.0 Å². The number of piperidine rings is 1. The van der Waals surface area contributed by atoms with Crippen molar-refractivity contribution in [2.45, 2.75) is 46.1 Å². The van der Waals surface area contributed by atoms with E-state index in [9.17, 15) is 9.59 Å². The zero-order chi connectivity index (χ0) is 17.7. The summed E-state index contributed by atoms with van der Waals surface area (Å²) < 4.78 is 4.90. The van der Waals surface area contributed by atoms with Crippen molar-refractivity contribution in [2.24, 2.45) is 5.92 Å². The third-order valence-corrected chi connectivity index (χ3v) is 5.70. The molecule has 134 valence electrons. The van der Waals surface area contributed by atoms with Crippen molar-refractivity contribution in [3.63, 3.8) is 0 Å². The van der Waals surface area contributed by atoms with Crippen LogP contribution in [0.15, 0.2) is 0 Å². The minimum absolute atomic E-state index is 0.0174. The average molecular weight is 353 g/mol. The SMILES string of the molecule is COCC(=O)N1CCC[C@@H](C(=O)NCc2sc(C(C)C)nc2C)C1. The molecule has 2 amide bonds. The van der Waals surface area contributed by atoms with Crippen LogP contribution in [0.1, 0.15) is 48.2 Å². The quantitative estimate of drug-likeness (QED) is 0.850. The Morgan fingerprint density at radius 2 is 2.21 bits per heavy atom. The van der Waals surface area contributed by atoms with Gasteiger partial charge >= 0.3 is 0 Å². The molecule has 6 nitrogen and oxygen atoms in total. The highest BCUT2D eigenvalue weighted by Crippen LogP contribution is 2.24. The zero-order valence-electron chi connectivity index (χ0n) is 14.9. The number of hydrogen-bond acceptors (Lipinski definition) is 5. The first-order chi connectivity index (χ1) is 11.4. The second-order valence-corrected chi connectivity index (χ2v) is 7.66. The van der Waals surface area contributed by atoms with Crippen LogP contribution in [-0.4, -0.2) is 48.5 Å². The molecular formula is C17H27N3O3S. The molecule has 0 radical (unpaired) electrons. The van der Waals surface area contributed by atoms with Gasteiger partial charge in [0, 0.05) is 31.0 Å². The molecule has 1 atom stereocenters. The molecule has 0 aromatic carbocycles. The van der Waals surface area contributed by atoms with Gasteiger partial charge in [-0.1, -0.05) is 13.8 Å². The second-order valence-electron chi connectivity index (χ2n) is 6.55. The van der Waals surface area contributed by atoms with Gasteiger partial charge in [0.1, 0.15) is 6.61 Å². The predicted molar refractivity (Wildman–Crippen MR) is 94.0 cm³/mol. The minimum Gasteiger partial charge on any atom is -0.375 e. The van der Waals surface area contributed by atoms with E-state index in [4.69, 9.17) is 4.74 Å². The summed E-state index contributed by atoms with van der Waals surface area (Å²) in [5.41, 5.74) is 0.990. The summed E-state index contributed by atoms with van der Waals surface area (Å²) in [6.07, 6.45) is 1.67. The second kappa shape index (κ2) is 8.58. The van der Waals surface area contributed by atoms with Crippen LogP contribution in [0, 0.1) is 12.8 Å². The number of carbonyl (C=O) groups is 2. The van der Waals surface area contributed by atoms with Gasteiger partial charge in [0.2, 0.25) is 11.8 Å². The number of nitrogens with zero attached hydrogens (tertiary/aromatic N) is 2. The molecule has 0 unspecified atom stereocenters. The molecule has 0 saturated carbocycles. The molecule has 1 aliphatic heterocycles. The highest BCUT2D eigenvalue weighted by Gasteiger charge is 2.28. The molecule has 0 spiro atoms. The van der Waals surface area contributed by atoms with Crippen LogP contribution < -0.4 is 5.32 Å². The van der Waals surface area contributed by atoms with Crippen LogP contribution in [-0.2, 0) is 20.9 Å². The number of thiazole rings is 1. The summed E-state index contributed by atoms with van der Waals surface area (Å²) in [6, 6.07) is 0. The highest BCUT2D eigenvalue weighted by molar-refractivity contribution is 7.11. The molecule has 24 heavy (non-hydrogen) atoms. The van der Waals surface area contributed by atoms with Gasteiger partial charge in [-0.25, -0.2) is 4.98 Å². The van der Waals surface area contributed by atoms with Gasteiger partial charge in [-0.15, -0.1) is 11.3 Å². The molecule has 1 aromatic heterocycles. The average Bonchev–Trinajstić information content (AvgIpc) is 2.94. The number of likely N-dealkylation sites (tertiary alicyclic amines) is 1. The molecular weight excluding hydrogens is 326 g/mol. The van der Waals surface area contributed by atoms with Crippen molar-refractivity contribution >= 4 is 23.2 Å². The Morgan fingerprint density at radius 1 is 1.46 bits per heavy atom. The number of nitrogens with one attached hydrogen (secondary N) is 1. The Kier molecular flexibility index (Phi) is 6.74. The van der Waals surface area contributed by atoms with Crippen molar-refractivity contribution in [2.75, 3.05) is 26.8 Å². The minimum atomic E-state index is -0.141. The predicted octanol–water partition coefficient (Wildman–Crippen LogP) is 2.08. The zero-order valence-corrected chi connectivity index (χ0v) is 15.7. The van der Waals surface area contributed by atoms with Gasteiger partial charge in [0.05, 0.1) is 23.2 Å². The van der Waals surface area contributed by atoms with Gasteiger partial charge in [0.25, 0.3) is 0 Å². The van der Waals surface area contributed by atoms with Crippen LogP contribution in [0.2, 0.25) is 0 Å². The summed E-state index contributed by atoms with van der Waals surface area (Å²) in [5.74, 6) is 0.230. The lowest BCUT2D eigenvalue weighted by Crippen LogP contribution is -2.46. The monoisotopic (exact) mass is 353 g/mol. The van der Waals surface area contributed by atoms with E-state index in [1.165, 1.54) is 7.11 Å². The Morgan fingerprint density at radius 3 is 2.83 bits per heavy atom. The van der Waals surface area contributed by atoms with E-state index < -0.39 is 0 Å². The van der Waals surface area contributed by atoms with Crippen LogP contribution in [0.3, 0.4) is 0 Å². The Balaban J connectivity index is 1.89. The van der Waals surface area contributed by atoms with Gasteiger partial charge in [-0.05, 0) is 19.8 Å². The van der Waals surface area contributed by atoms with Gasteiger partial charge in [0.15, 0.2) is 0 Å². The molecule has 1 fully saturated rings. The number of rotatable bonds is 6. The van der Waals surface area contributed by atoms with Crippen LogP contribution in [0.25, 0.3) is 0 Å². The smallest absolute Gasteiger partial charge is 0.248 e. The first-order valence-corrected chi connectivity index (χ1v) is 9.24. The molecule has 1 aliphatic rings. The molecule has 0 aliphatic carbocycles. The largest absolute Gasteiger partial charge is 0.375 e. The topological polar surface area (TPSA) is 71.5 Å². The molecule has 0 bridgehead atoms.